The second-order valence-electron chi connectivity index (χ2n) is 3.24. The van der Waals surface area contributed by atoms with E-state index in [2.05, 4.69) is 15.9 Å². The number of carboxylic acid groups (broad SMARTS) is 1. The van der Waals surface area contributed by atoms with Crippen LogP contribution in [0.1, 0.15) is 6.92 Å². The molecule has 1 aromatic rings. The third-order valence-electron chi connectivity index (χ3n) is 2.03. The van der Waals surface area contributed by atoms with Gasteiger partial charge in [0.05, 0.1) is 17.1 Å². The van der Waals surface area contributed by atoms with Gasteiger partial charge in [0.2, 0.25) is 10.3 Å². The van der Waals surface area contributed by atoms with E-state index < -0.39 is 22.4 Å². The lowest BCUT2D eigenvalue weighted by molar-refractivity contribution is 0.201. The predicted molar refractivity (Wildman–Crippen MR) is 69.1 cm³/mol. The molecule has 0 saturated carbocycles. The fourth-order valence-electron chi connectivity index (χ4n) is 1.37. The van der Waals surface area contributed by atoms with Crippen LogP contribution in [0.2, 0.25) is 0 Å². The van der Waals surface area contributed by atoms with Crippen molar-refractivity contribution in [2.45, 2.75) is 13.0 Å². The molecular weight excluding hydrogens is 310 g/mol. The minimum absolute atomic E-state index is 0.397. The van der Waals surface area contributed by atoms with Crippen LogP contribution < -0.4 is 4.90 Å². The van der Waals surface area contributed by atoms with Gasteiger partial charge in [-0.15, -0.1) is 0 Å². The van der Waals surface area contributed by atoms with Crippen molar-refractivity contribution in [3.8, 4) is 0 Å². The molecule has 0 fully saturated rings. The van der Waals surface area contributed by atoms with Crippen LogP contribution in [-0.4, -0.2) is 31.0 Å². The van der Waals surface area contributed by atoms with E-state index in [9.17, 15) is 13.2 Å². The van der Waals surface area contributed by atoms with Crippen LogP contribution in [0.5, 0.6) is 0 Å². The van der Waals surface area contributed by atoms with E-state index in [4.69, 9.17) is 5.11 Å². The third kappa shape index (κ3) is 3.57. The quantitative estimate of drug-likeness (QED) is 0.865. The van der Waals surface area contributed by atoms with E-state index in [0.717, 1.165) is 10.3 Å². The Bertz CT molecular complexity index is 547. The van der Waals surface area contributed by atoms with Crippen molar-refractivity contribution >= 4 is 43.4 Å². The van der Waals surface area contributed by atoms with E-state index in [0.29, 0.717) is 10.2 Å². The zero-order chi connectivity index (χ0) is 13.0. The van der Waals surface area contributed by atoms with Crippen LogP contribution in [0.4, 0.5) is 10.5 Å². The van der Waals surface area contributed by atoms with Crippen LogP contribution in [0.15, 0.2) is 28.7 Å². The lowest BCUT2D eigenvalue weighted by atomic mass is 10.2. The van der Waals surface area contributed by atoms with Crippen molar-refractivity contribution < 1.29 is 18.3 Å². The van der Waals surface area contributed by atoms with Gasteiger partial charge in [-0.1, -0.05) is 12.1 Å². The summed E-state index contributed by atoms with van der Waals surface area (Å²) in [5, 5.41) is 10.0. The van der Waals surface area contributed by atoms with Crippen molar-refractivity contribution in [3.05, 3.63) is 28.7 Å². The molecule has 17 heavy (non-hydrogen) atoms. The Hall–Kier alpha value is -1.34. The zero-order valence-electron chi connectivity index (χ0n) is 8.87. The molecule has 0 aromatic heterocycles. The van der Waals surface area contributed by atoms with Gasteiger partial charge in [-0.25, -0.2) is 4.79 Å². The van der Waals surface area contributed by atoms with Crippen LogP contribution in [0.3, 0.4) is 0 Å². The summed E-state index contributed by atoms with van der Waals surface area (Å²) in [7, 11) is -2.41. The molecule has 0 saturated heterocycles. The Kier molecular flexibility index (Phi) is 4.71. The minimum atomic E-state index is -2.41. The number of carbonyl (C=O) groups is 1. The van der Waals surface area contributed by atoms with Crippen molar-refractivity contribution in [2.75, 3.05) is 4.90 Å². The van der Waals surface area contributed by atoms with Gasteiger partial charge >= 0.3 is 6.09 Å². The Morgan fingerprint density at radius 3 is 2.53 bits per heavy atom. The Balaban J connectivity index is 3.24. The first-order valence-corrected chi connectivity index (χ1v) is 6.56. The maximum atomic E-state index is 11.2. The Morgan fingerprint density at radius 1 is 1.47 bits per heavy atom. The summed E-state index contributed by atoms with van der Waals surface area (Å²) >= 11 is 3.23. The molecule has 1 atom stereocenters. The Labute approximate surface area is 108 Å². The normalized spacial score (nSPS) is 11.6. The smallest absolute Gasteiger partial charge is 0.412 e. The molecule has 1 aromatic carbocycles. The molecule has 92 valence electrons. The van der Waals surface area contributed by atoms with Crippen LogP contribution in [0, 0.1) is 0 Å². The van der Waals surface area contributed by atoms with Gasteiger partial charge in [-0.2, -0.15) is 8.42 Å². The summed E-state index contributed by atoms with van der Waals surface area (Å²) < 4.78 is 21.7. The molecule has 1 unspecified atom stereocenters. The number of amides is 1. The molecule has 0 radical (unpaired) electrons. The third-order valence-corrected chi connectivity index (χ3v) is 3.32. The average Bonchev–Trinajstić information content (AvgIpc) is 2.19. The van der Waals surface area contributed by atoms with Gasteiger partial charge < -0.3 is 5.11 Å². The molecule has 1 N–H and O–H groups in total. The fraction of sp³-hybridized carbons (Fsp3) is 0.200. The monoisotopic (exact) mass is 319 g/mol. The minimum Gasteiger partial charge on any atom is -0.465 e. The summed E-state index contributed by atoms with van der Waals surface area (Å²) in [6.45, 7) is 1.49. The van der Waals surface area contributed by atoms with E-state index in [1.54, 1.807) is 24.3 Å². The molecule has 0 aliphatic rings. The second-order valence-corrected chi connectivity index (χ2v) is 4.89. The molecule has 7 heteroatoms. The highest BCUT2D eigenvalue weighted by Gasteiger charge is 2.22. The number of hydrogen-bond donors (Lipinski definition) is 1. The summed E-state index contributed by atoms with van der Waals surface area (Å²) in [4.78, 5) is 12.1. The van der Waals surface area contributed by atoms with Crippen LogP contribution in [0.25, 0.3) is 0 Å². The molecule has 1 rings (SSSR count). The van der Waals surface area contributed by atoms with Crippen molar-refractivity contribution in [3.63, 3.8) is 0 Å². The highest BCUT2D eigenvalue weighted by molar-refractivity contribution is 9.10. The van der Waals surface area contributed by atoms with Gasteiger partial charge in [-0.3, -0.25) is 4.90 Å². The molecule has 0 spiro atoms. The predicted octanol–water partition coefficient (Wildman–Crippen LogP) is 2.00. The topological polar surface area (TPSA) is 74.7 Å². The fourth-order valence-corrected chi connectivity index (χ4v) is 2.28. The Morgan fingerprint density at radius 2 is 2.06 bits per heavy atom. The van der Waals surface area contributed by atoms with Crippen molar-refractivity contribution in [2.24, 2.45) is 0 Å². The average molecular weight is 320 g/mol. The zero-order valence-corrected chi connectivity index (χ0v) is 11.3. The summed E-state index contributed by atoms with van der Waals surface area (Å²) in [5.41, 5.74) is 0.397. The summed E-state index contributed by atoms with van der Waals surface area (Å²) in [5.74, 6) is 0. The van der Waals surface area contributed by atoms with E-state index in [1.807, 2.05) is 0 Å². The van der Waals surface area contributed by atoms with Crippen molar-refractivity contribution in [1.29, 1.82) is 0 Å². The number of hydrogen-bond acceptors (Lipinski definition) is 3. The molecule has 5 nitrogen and oxygen atoms in total. The van der Waals surface area contributed by atoms with Crippen molar-refractivity contribution in [1.82, 2.24) is 0 Å². The first-order valence-electron chi connectivity index (χ1n) is 4.63. The SMILES string of the molecule is CC(C=S(=O)=O)N(C(=O)O)c1ccccc1Br. The first kappa shape index (κ1) is 13.7. The molecular formula is C10H10BrNO4S. The highest BCUT2D eigenvalue weighted by atomic mass is 79.9. The number of anilines is 1. The van der Waals surface area contributed by atoms with E-state index >= 15 is 0 Å². The largest absolute Gasteiger partial charge is 0.465 e. The standard InChI is InChI=1S/C10H10BrNO4S/c1-7(6-17(15)16)12(10(13)14)9-5-3-2-4-8(9)11/h2-7H,1H3,(H,13,14). The lowest BCUT2D eigenvalue weighted by Crippen LogP contribution is -2.39. The number of halogens is 1. The van der Waals surface area contributed by atoms with Gasteiger partial charge in [0.1, 0.15) is 0 Å². The van der Waals surface area contributed by atoms with Gasteiger partial charge in [0.15, 0.2) is 0 Å². The highest BCUT2D eigenvalue weighted by Crippen LogP contribution is 2.27. The first-order chi connectivity index (χ1) is 7.93. The van der Waals surface area contributed by atoms with Gasteiger partial charge in [0, 0.05) is 4.47 Å². The maximum Gasteiger partial charge on any atom is 0.412 e. The number of benzene rings is 1. The number of nitrogens with zero attached hydrogens (tertiary/aromatic N) is 1. The van der Waals surface area contributed by atoms with Crippen LogP contribution >= 0.6 is 15.9 Å². The molecule has 1 amide bonds. The van der Waals surface area contributed by atoms with Crippen LogP contribution in [-0.2, 0) is 10.3 Å². The summed E-state index contributed by atoms with van der Waals surface area (Å²) in [6.07, 6.45) is -1.22. The van der Waals surface area contributed by atoms with E-state index in [-0.39, 0.29) is 0 Å². The van der Waals surface area contributed by atoms with Gasteiger partial charge in [0.25, 0.3) is 0 Å². The molecule has 0 aliphatic heterocycles. The lowest BCUT2D eigenvalue weighted by Gasteiger charge is -2.24. The molecule has 0 aliphatic carbocycles. The van der Waals surface area contributed by atoms with E-state index in [1.165, 1.54) is 6.92 Å². The number of rotatable bonds is 3. The number of para-hydroxylation sites is 1. The maximum absolute atomic E-state index is 11.2. The second kappa shape index (κ2) is 5.83. The van der Waals surface area contributed by atoms with Gasteiger partial charge in [-0.05, 0) is 35.0 Å². The summed E-state index contributed by atoms with van der Waals surface area (Å²) in [6, 6.07) is 5.93. The molecule has 0 heterocycles. The molecule has 0 bridgehead atoms.